The summed E-state index contributed by atoms with van der Waals surface area (Å²) >= 11 is 0. The van der Waals surface area contributed by atoms with Crippen LogP contribution in [0.3, 0.4) is 0 Å². The van der Waals surface area contributed by atoms with E-state index in [9.17, 15) is 14.9 Å². The molecule has 3 rings (SSSR count). The molecule has 1 amide bonds. The van der Waals surface area contributed by atoms with Gasteiger partial charge in [-0.3, -0.25) is 19.8 Å². The number of carbonyl (C=O) groups excluding carboxylic acids is 1. The number of nitrogens with one attached hydrogen (secondary N) is 2. The van der Waals surface area contributed by atoms with Crippen molar-refractivity contribution in [2.45, 2.75) is 0 Å². The Morgan fingerprint density at radius 2 is 2.16 bits per heavy atom. The molecule has 0 aliphatic carbocycles. The standard InChI is InChI=1S/C15H19N7O3/c23-15(18-5-8-20-6-3-16-4-7-20)12-1-2-13(14(9-12)22(24)25)21-11-17-10-19-21/h1-2,9-11,16H,3-8H2,(H,18,23). The number of nitro groups is 1. The van der Waals surface area contributed by atoms with E-state index in [1.54, 1.807) is 6.07 Å². The molecular weight excluding hydrogens is 326 g/mol. The molecule has 1 aliphatic heterocycles. The first-order chi connectivity index (χ1) is 12.1. The van der Waals surface area contributed by atoms with E-state index in [1.165, 1.54) is 29.5 Å². The number of rotatable bonds is 6. The summed E-state index contributed by atoms with van der Waals surface area (Å²) in [5.41, 5.74) is 0.316. The molecule has 2 N–H and O–H groups in total. The summed E-state index contributed by atoms with van der Waals surface area (Å²) in [7, 11) is 0. The SMILES string of the molecule is O=C(NCCN1CCNCC1)c1ccc(-n2cncn2)c([N+](=O)[O-])c1. The van der Waals surface area contributed by atoms with Crippen LogP contribution in [0.4, 0.5) is 5.69 Å². The number of hydrogen-bond donors (Lipinski definition) is 2. The smallest absolute Gasteiger partial charge is 0.295 e. The van der Waals surface area contributed by atoms with Gasteiger partial charge in [0, 0.05) is 50.9 Å². The minimum atomic E-state index is -0.533. The van der Waals surface area contributed by atoms with Gasteiger partial charge >= 0.3 is 0 Å². The van der Waals surface area contributed by atoms with Crippen molar-refractivity contribution in [1.29, 1.82) is 0 Å². The Bertz CT molecular complexity index is 742. The Morgan fingerprint density at radius 3 is 2.84 bits per heavy atom. The van der Waals surface area contributed by atoms with Gasteiger partial charge in [-0.2, -0.15) is 5.10 Å². The third-order valence-electron chi connectivity index (χ3n) is 4.02. The lowest BCUT2D eigenvalue weighted by Crippen LogP contribution is -2.46. The summed E-state index contributed by atoms with van der Waals surface area (Å²) in [6, 6.07) is 4.30. The fraction of sp³-hybridized carbons (Fsp3) is 0.400. The number of carbonyl (C=O) groups is 1. The minimum Gasteiger partial charge on any atom is -0.351 e. The highest BCUT2D eigenvalue weighted by Gasteiger charge is 2.19. The third-order valence-corrected chi connectivity index (χ3v) is 4.02. The monoisotopic (exact) mass is 345 g/mol. The summed E-state index contributed by atoms with van der Waals surface area (Å²) in [5.74, 6) is -0.330. The fourth-order valence-corrected chi connectivity index (χ4v) is 2.70. The van der Waals surface area contributed by atoms with Crippen molar-refractivity contribution >= 4 is 11.6 Å². The Balaban J connectivity index is 1.66. The summed E-state index contributed by atoms with van der Waals surface area (Å²) in [4.78, 5) is 29.1. The molecule has 1 aromatic carbocycles. The lowest BCUT2D eigenvalue weighted by atomic mass is 10.1. The predicted molar refractivity (Wildman–Crippen MR) is 89.7 cm³/mol. The number of nitro benzene ring substituents is 1. The van der Waals surface area contributed by atoms with E-state index in [-0.39, 0.29) is 22.8 Å². The van der Waals surface area contributed by atoms with E-state index < -0.39 is 4.92 Å². The number of amides is 1. The zero-order valence-electron chi connectivity index (χ0n) is 13.6. The largest absolute Gasteiger partial charge is 0.351 e. The molecule has 1 saturated heterocycles. The van der Waals surface area contributed by atoms with Gasteiger partial charge in [0.15, 0.2) is 0 Å². The molecule has 0 radical (unpaired) electrons. The van der Waals surface area contributed by atoms with Crippen LogP contribution >= 0.6 is 0 Å². The molecule has 2 aromatic rings. The number of nitrogens with zero attached hydrogens (tertiary/aromatic N) is 5. The minimum absolute atomic E-state index is 0.194. The van der Waals surface area contributed by atoms with Crippen molar-refractivity contribution in [3.63, 3.8) is 0 Å². The Kier molecular flexibility index (Phi) is 5.31. The van der Waals surface area contributed by atoms with Gasteiger partial charge in [0.25, 0.3) is 11.6 Å². The second-order valence-corrected chi connectivity index (χ2v) is 5.65. The first-order valence-electron chi connectivity index (χ1n) is 8.00. The van der Waals surface area contributed by atoms with Crippen LogP contribution in [0.15, 0.2) is 30.9 Å². The molecule has 2 heterocycles. The third kappa shape index (κ3) is 4.17. The van der Waals surface area contributed by atoms with Gasteiger partial charge in [-0.05, 0) is 12.1 Å². The molecule has 0 atom stereocenters. The van der Waals surface area contributed by atoms with Gasteiger partial charge in [0.2, 0.25) is 0 Å². The first-order valence-corrected chi connectivity index (χ1v) is 8.00. The van der Waals surface area contributed by atoms with Crippen molar-refractivity contribution in [3.8, 4) is 5.69 Å². The number of piperazine rings is 1. The lowest BCUT2D eigenvalue weighted by Gasteiger charge is -2.27. The van der Waals surface area contributed by atoms with Gasteiger partial charge in [0.05, 0.1) is 4.92 Å². The molecule has 0 unspecified atom stereocenters. The van der Waals surface area contributed by atoms with Crippen molar-refractivity contribution in [1.82, 2.24) is 30.3 Å². The zero-order valence-corrected chi connectivity index (χ0v) is 13.6. The molecule has 0 bridgehead atoms. The van der Waals surface area contributed by atoms with Crippen LogP contribution in [0.1, 0.15) is 10.4 Å². The van der Waals surface area contributed by atoms with E-state index in [1.807, 2.05) is 0 Å². The summed E-state index contributed by atoms with van der Waals surface area (Å²) < 4.78 is 1.30. The maximum Gasteiger partial charge on any atom is 0.295 e. The van der Waals surface area contributed by atoms with Crippen LogP contribution < -0.4 is 10.6 Å². The molecule has 132 valence electrons. The van der Waals surface area contributed by atoms with E-state index >= 15 is 0 Å². The van der Waals surface area contributed by atoms with Crippen molar-refractivity contribution in [2.24, 2.45) is 0 Å². The average Bonchev–Trinajstić information content (AvgIpc) is 3.16. The Hall–Kier alpha value is -2.85. The molecule has 10 heteroatoms. The molecular formula is C15H19N7O3. The highest BCUT2D eigenvalue weighted by Crippen LogP contribution is 2.23. The molecule has 25 heavy (non-hydrogen) atoms. The predicted octanol–water partition coefficient (Wildman–Crippen LogP) is -0.189. The maximum absolute atomic E-state index is 12.3. The first kappa shape index (κ1) is 17.0. The fourth-order valence-electron chi connectivity index (χ4n) is 2.70. The molecule has 1 aromatic heterocycles. The van der Waals surface area contributed by atoms with Crippen molar-refractivity contribution in [2.75, 3.05) is 39.3 Å². The second kappa shape index (κ2) is 7.81. The Labute approximate surface area is 144 Å². The van der Waals surface area contributed by atoms with Gasteiger partial charge in [-0.25, -0.2) is 9.67 Å². The quantitative estimate of drug-likeness (QED) is 0.550. The maximum atomic E-state index is 12.3. The number of benzene rings is 1. The molecule has 1 fully saturated rings. The second-order valence-electron chi connectivity index (χ2n) is 5.65. The van der Waals surface area contributed by atoms with Crippen LogP contribution in [0, 0.1) is 10.1 Å². The average molecular weight is 345 g/mol. The van der Waals surface area contributed by atoms with E-state index in [0.717, 1.165) is 32.7 Å². The van der Waals surface area contributed by atoms with Gasteiger partial charge in [0.1, 0.15) is 18.3 Å². The van der Waals surface area contributed by atoms with Crippen LogP contribution in [-0.2, 0) is 0 Å². The van der Waals surface area contributed by atoms with Gasteiger partial charge in [-0.15, -0.1) is 0 Å². The summed E-state index contributed by atoms with van der Waals surface area (Å²) in [6.07, 6.45) is 2.66. The van der Waals surface area contributed by atoms with E-state index in [2.05, 4.69) is 25.6 Å². The van der Waals surface area contributed by atoms with Gasteiger partial charge in [-0.1, -0.05) is 0 Å². The number of hydrogen-bond acceptors (Lipinski definition) is 7. The van der Waals surface area contributed by atoms with Crippen LogP contribution in [0.5, 0.6) is 0 Å². The van der Waals surface area contributed by atoms with Gasteiger partial charge < -0.3 is 10.6 Å². The Morgan fingerprint density at radius 1 is 1.36 bits per heavy atom. The highest BCUT2D eigenvalue weighted by molar-refractivity contribution is 5.95. The van der Waals surface area contributed by atoms with Crippen LogP contribution in [0.25, 0.3) is 5.69 Å². The molecule has 10 nitrogen and oxygen atoms in total. The number of aromatic nitrogens is 3. The summed E-state index contributed by atoms with van der Waals surface area (Å²) in [6.45, 7) is 5.06. The normalized spacial score (nSPS) is 15.0. The van der Waals surface area contributed by atoms with Crippen LogP contribution in [-0.4, -0.2) is 69.8 Å². The van der Waals surface area contributed by atoms with Crippen LogP contribution in [0.2, 0.25) is 0 Å². The summed E-state index contributed by atoms with van der Waals surface area (Å²) in [5, 5.41) is 21.3. The van der Waals surface area contributed by atoms with E-state index in [0.29, 0.717) is 6.54 Å². The zero-order chi connectivity index (χ0) is 17.6. The molecule has 0 saturated carbocycles. The molecule has 1 aliphatic rings. The topological polar surface area (TPSA) is 118 Å². The molecule has 0 spiro atoms. The van der Waals surface area contributed by atoms with E-state index in [4.69, 9.17) is 0 Å². The lowest BCUT2D eigenvalue weighted by molar-refractivity contribution is -0.384. The van der Waals surface area contributed by atoms with Crippen molar-refractivity contribution in [3.05, 3.63) is 46.5 Å². The highest BCUT2D eigenvalue weighted by atomic mass is 16.6. The van der Waals surface area contributed by atoms with Crippen molar-refractivity contribution < 1.29 is 9.72 Å².